The van der Waals surface area contributed by atoms with Gasteiger partial charge in [0.25, 0.3) is 11.8 Å². The Morgan fingerprint density at radius 2 is 1.92 bits per heavy atom. The lowest BCUT2D eigenvalue weighted by molar-refractivity contribution is 0.0659. The molecule has 0 unspecified atom stereocenters. The summed E-state index contributed by atoms with van der Waals surface area (Å²) in [5.41, 5.74) is 4.65. The molecule has 1 aliphatic rings. The molecule has 2 N–H and O–H groups in total. The van der Waals surface area contributed by atoms with Crippen LogP contribution < -0.4 is 5.32 Å². The zero-order valence-electron chi connectivity index (χ0n) is 21.3. The number of hydrogen-bond acceptors (Lipinski definition) is 5. The zero-order valence-corrected chi connectivity index (χ0v) is 22.1. The summed E-state index contributed by atoms with van der Waals surface area (Å²) in [5, 5.41) is 13.4. The van der Waals surface area contributed by atoms with Crippen molar-refractivity contribution in [2.75, 3.05) is 32.5 Å². The van der Waals surface area contributed by atoms with E-state index in [1.807, 2.05) is 78.9 Å². The highest BCUT2D eigenvalue weighted by atomic mass is 32.1. The monoisotopic (exact) mass is 513 g/mol. The van der Waals surface area contributed by atoms with E-state index in [4.69, 9.17) is 0 Å². The number of aromatic nitrogens is 2. The Kier molecular flexibility index (Phi) is 7.21. The molecular weight excluding hydrogens is 482 g/mol. The van der Waals surface area contributed by atoms with Crippen LogP contribution in [0.5, 0.6) is 0 Å². The van der Waals surface area contributed by atoms with Crippen LogP contribution in [0, 0.1) is 6.92 Å². The van der Waals surface area contributed by atoms with Gasteiger partial charge in [-0.2, -0.15) is 5.10 Å². The fourth-order valence-electron chi connectivity index (χ4n) is 4.76. The Bertz CT molecular complexity index is 1460. The third kappa shape index (κ3) is 5.35. The van der Waals surface area contributed by atoms with Crippen molar-refractivity contribution in [3.63, 3.8) is 0 Å². The summed E-state index contributed by atoms with van der Waals surface area (Å²) in [6.07, 6.45) is 5.76. The smallest absolute Gasteiger partial charge is 0.266 e. The highest BCUT2D eigenvalue weighted by molar-refractivity contribution is 7.12. The van der Waals surface area contributed by atoms with Gasteiger partial charge in [0.15, 0.2) is 0 Å². The maximum Gasteiger partial charge on any atom is 0.266 e. The number of fused-ring (bicyclic) bond motifs is 1. The Hall–Kier alpha value is -3.75. The normalized spacial score (nSPS) is 14.9. The van der Waals surface area contributed by atoms with Crippen molar-refractivity contribution in [3.05, 3.63) is 81.2 Å². The molecule has 0 spiro atoms. The number of nitrogens with one attached hydrogen (secondary N) is 2. The van der Waals surface area contributed by atoms with Crippen molar-refractivity contribution >= 4 is 51.9 Å². The molecule has 2 aromatic heterocycles. The van der Waals surface area contributed by atoms with E-state index in [9.17, 15) is 9.59 Å². The number of hydrogen-bond donors (Lipinski definition) is 2. The fraction of sp³-hybridized carbons (Fsp3) is 0.276. The fourth-order valence-corrected chi connectivity index (χ4v) is 5.58. The van der Waals surface area contributed by atoms with Gasteiger partial charge in [0.05, 0.1) is 16.1 Å². The second-order valence-electron chi connectivity index (χ2n) is 9.63. The quantitative estimate of drug-likeness (QED) is 0.356. The maximum absolute atomic E-state index is 13.4. The summed E-state index contributed by atoms with van der Waals surface area (Å²) >= 11 is 1.41. The molecule has 0 saturated carbocycles. The summed E-state index contributed by atoms with van der Waals surface area (Å²) < 4.78 is 0. The second kappa shape index (κ2) is 10.7. The molecule has 1 fully saturated rings. The summed E-state index contributed by atoms with van der Waals surface area (Å²) in [4.78, 5) is 31.3. The largest absolute Gasteiger partial charge is 0.339 e. The molecule has 2 amide bonds. The topological polar surface area (TPSA) is 81.3 Å². The van der Waals surface area contributed by atoms with Crippen molar-refractivity contribution in [2.45, 2.75) is 25.8 Å². The third-order valence-corrected chi connectivity index (χ3v) is 8.11. The van der Waals surface area contributed by atoms with Gasteiger partial charge in [-0.1, -0.05) is 30.3 Å². The van der Waals surface area contributed by atoms with Crippen LogP contribution in [0.15, 0.2) is 53.9 Å². The van der Waals surface area contributed by atoms with Gasteiger partial charge >= 0.3 is 0 Å². The minimum absolute atomic E-state index is 0.0359. The molecule has 2 aromatic carbocycles. The average molecular weight is 514 g/mol. The van der Waals surface area contributed by atoms with Crippen LogP contribution in [0.4, 0.5) is 5.69 Å². The maximum atomic E-state index is 13.4. The predicted octanol–water partition coefficient (Wildman–Crippen LogP) is 5.52. The number of para-hydroxylation sites is 1. The SMILES string of the molecule is Cc1ccsc1C(=O)Nc1cc(C(=O)N(C)C2CCN(C)CC2)ccc1/C=C/c1n[nH]c2ccccc12. The first-order valence-electron chi connectivity index (χ1n) is 12.5. The van der Waals surface area contributed by atoms with Crippen LogP contribution in [0.3, 0.4) is 0 Å². The lowest BCUT2D eigenvalue weighted by atomic mass is 10.0. The summed E-state index contributed by atoms with van der Waals surface area (Å²) in [5.74, 6) is -0.216. The summed E-state index contributed by atoms with van der Waals surface area (Å²) in [6, 6.07) is 15.6. The number of piperidine rings is 1. The highest BCUT2D eigenvalue weighted by Gasteiger charge is 2.25. The molecule has 8 heteroatoms. The van der Waals surface area contributed by atoms with Crippen molar-refractivity contribution < 1.29 is 9.59 Å². The van der Waals surface area contributed by atoms with Crippen molar-refractivity contribution in [1.29, 1.82) is 0 Å². The Balaban J connectivity index is 1.45. The van der Waals surface area contributed by atoms with Gasteiger partial charge in [-0.3, -0.25) is 14.7 Å². The van der Waals surface area contributed by atoms with Crippen molar-refractivity contribution in [2.24, 2.45) is 0 Å². The van der Waals surface area contributed by atoms with E-state index in [1.54, 1.807) is 6.07 Å². The van der Waals surface area contributed by atoms with E-state index >= 15 is 0 Å². The molecule has 190 valence electrons. The number of benzene rings is 2. The molecule has 7 nitrogen and oxygen atoms in total. The van der Waals surface area contributed by atoms with Crippen LogP contribution >= 0.6 is 11.3 Å². The van der Waals surface area contributed by atoms with Gasteiger partial charge in [0, 0.05) is 29.7 Å². The van der Waals surface area contributed by atoms with Crippen molar-refractivity contribution in [3.8, 4) is 0 Å². The van der Waals surface area contributed by atoms with Gasteiger partial charge in [-0.25, -0.2) is 0 Å². The van der Waals surface area contributed by atoms with E-state index in [2.05, 4.69) is 27.5 Å². The molecule has 1 saturated heterocycles. The zero-order chi connectivity index (χ0) is 25.9. The molecule has 0 radical (unpaired) electrons. The van der Waals surface area contributed by atoms with Crippen LogP contribution in [0.1, 0.15) is 49.7 Å². The van der Waals surface area contributed by atoms with Crippen LogP contribution in [0.25, 0.3) is 23.1 Å². The van der Waals surface area contributed by atoms with E-state index in [1.165, 1.54) is 11.3 Å². The third-order valence-electron chi connectivity index (χ3n) is 7.09. The molecule has 37 heavy (non-hydrogen) atoms. The Morgan fingerprint density at radius 3 is 2.68 bits per heavy atom. The number of likely N-dealkylation sites (tertiary alicyclic amines) is 1. The number of aryl methyl sites for hydroxylation is 1. The Labute approximate surface area is 220 Å². The molecule has 5 rings (SSSR count). The number of amides is 2. The van der Waals surface area contributed by atoms with Gasteiger partial charge in [-0.15, -0.1) is 11.3 Å². The molecular formula is C29H31N5O2S. The number of H-pyrrole nitrogens is 1. The number of carbonyl (C=O) groups excluding carboxylic acids is 2. The lowest BCUT2D eigenvalue weighted by Crippen LogP contribution is -2.44. The van der Waals surface area contributed by atoms with E-state index in [-0.39, 0.29) is 17.9 Å². The van der Waals surface area contributed by atoms with E-state index in [0.717, 1.165) is 53.7 Å². The number of thiophene rings is 1. The van der Waals surface area contributed by atoms with Gasteiger partial charge in [0.2, 0.25) is 0 Å². The number of anilines is 1. The molecule has 3 heterocycles. The minimum atomic E-state index is -0.180. The second-order valence-corrected chi connectivity index (χ2v) is 10.5. The number of aromatic amines is 1. The van der Waals surface area contributed by atoms with Crippen LogP contribution in [0.2, 0.25) is 0 Å². The standard InChI is InChI=1S/C29H31N5O2S/c1-19-14-17-37-27(19)28(35)30-26-18-21(29(36)34(3)22-12-15-33(2)16-13-22)9-8-20(26)10-11-25-23-6-4-5-7-24(23)31-32-25/h4-11,14,17-18,22H,12-13,15-16H2,1-3H3,(H,30,35)(H,31,32)/b11-10+. The first kappa shape index (κ1) is 24.9. The number of carbonyl (C=O) groups is 2. The molecule has 0 aliphatic carbocycles. The Morgan fingerprint density at radius 1 is 1.14 bits per heavy atom. The van der Waals surface area contributed by atoms with Gasteiger partial charge in [0.1, 0.15) is 0 Å². The summed E-state index contributed by atoms with van der Waals surface area (Å²) in [7, 11) is 3.99. The number of rotatable bonds is 6. The van der Waals surface area contributed by atoms with Crippen LogP contribution in [-0.4, -0.2) is 65.0 Å². The molecule has 0 atom stereocenters. The lowest BCUT2D eigenvalue weighted by Gasteiger charge is -2.35. The average Bonchev–Trinajstić information content (AvgIpc) is 3.53. The van der Waals surface area contributed by atoms with Gasteiger partial charge < -0.3 is 15.1 Å². The molecule has 4 aromatic rings. The molecule has 0 bridgehead atoms. The van der Waals surface area contributed by atoms with Crippen molar-refractivity contribution in [1.82, 2.24) is 20.0 Å². The van der Waals surface area contributed by atoms with Gasteiger partial charge in [-0.05, 0) is 86.8 Å². The minimum Gasteiger partial charge on any atom is -0.339 e. The van der Waals surface area contributed by atoms with E-state index in [0.29, 0.717) is 16.1 Å². The predicted molar refractivity (Wildman–Crippen MR) is 151 cm³/mol. The first-order chi connectivity index (χ1) is 17.9. The molecule has 1 aliphatic heterocycles. The first-order valence-corrected chi connectivity index (χ1v) is 13.3. The highest BCUT2D eigenvalue weighted by Crippen LogP contribution is 2.26. The number of nitrogens with zero attached hydrogens (tertiary/aromatic N) is 3. The van der Waals surface area contributed by atoms with E-state index < -0.39 is 0 Å². The van der Waals surface area contributed by atoms with Crippen LogP contribution in [-0.2, 0) is 0 Å². The summed E-state index contributed by atoms with van der Waals surface area (Å²) in [6.45, 7) is 3.89.